The second-order valence-electron chi connectivity index (χ2n) is 6.58. The summed E-state index contributed by atoms with van der Waals surface area (Å²) in [5.74, 6) is 0.389. The fraction of sp³-hybridized carbons (Fsp3) is 0.500. The number of rotatable bonds is 3. The van der Waals surface area contributed by atoms with Crippen LogP contribution in [0.25, 0.3) is 0 Å². The van der Waals surface area contributed by atoms with Gasteiger partial charge in [-0.15, -0.1) is 6.58 Å². The van der Waals surface area contributed by atoms with Crippen LogP contribution >= 0.6 is 0 Å². The van der Waals surface area contributed by atoms with E-state index in [0.717, 1.165) is 36.8 Å². The van der Waals surface area contributed by atoms with E-state index in [1.807, 2.05) is 25.1 Å². The lowest BCUT2D eigenvalue weighted by Gasteiger charge is -2.43. The predicted molar refractivity (Wildman–Crippen MR) is 80.2 cm³/mol. The smallest absolute Gasteiger partial charge is 0.149 e. The third-order valence-electron chi connectivity index (χ3n) is 4.56. The number of hydrogen-bond donors (Lipinski definition) is 0. The fourth-order valence-corrected chi connectivity index (χ4v) is 3.64. The molecule has 1 nitrogen and oxygen atoms in total. The predicted octanol–water partition coefficient (Wildman–Crippen LogP) is 4.67. The van der Waals surface area contributed by atoms with Gasteiger partial charge in [0.1, 0.15) is 5.78 Å². The first-order chi connectivity index (χ1) is 8.88. The first-order valence-corrected chi connectivity index (χ1v) is 7.13. The lowest BCUT2D eigenvalue weighted by molar-refractivity contribution is -0.136. The zero-order chi connectivity index (χ0) is 14.1. The molecule has 1 aliphatic carbocycles. The lowest BCUT2D eigenvalue weighted by Crippen LogP contribution is -2.47. The molecule has 0 heterocycles. The van der Waals surface area contributed by atoms with Gasteiger partial charge >= 0.3 is 0 Å². The van der Waals surface area contributed by atoms with Gasteiger partial charge in [-0.2, -0.15) is 0 Å². The molecule has 0 N–H and O–H groups in total. The molecule has 0 saturated heterocycles. The molecule has 0 unspecified atom stereocenters. The van der Waals surface area contributed by atoms with Gasteiger partial charge in [-0.05, 0) is 38.7 Å². The van der Waals surface area contributed by atoms with Crippen molar-refractivity contribution in [3.63, 3.8) is 0 Å². The summed E-state index contributed by atoms with van der Waals surface area (Å²) in [6.45, 7) is 10.2. The summed E-state index contributed by atoms with van der Waals surface area (Å²) in [5.41, 5.74) is 1.69. The molecule has 1 aliphatic rings. The van der Waals surface area contributed by atoms with Crippen LogP contribution in [-0.4, -0.2) is 5.78 Å². The van der Waals surface area contributed by atoms with Crippen molar-refractivity contribution in [3.8, 4) is 0 Å². The van der Waals surface area contributed by atoms with Gasteiger partial charge in [0.25, 0.3) is 0 Å². The van der Waals surface area contributed by atoms with E-state index in [1.165, 1.54) is 0 Å². The van der Waals surface area contributed by atoms with E-state index in [9.17, 15) is 4.79 Å². The maximum atomic E-state index is 13.1. The van der Waals surface area contributed by atoms with Crippen molar-refractivity contribution in [2.45, 2.75) is 51.9 Å². The summed E-state index contributed by atoms with van der Waals surface area (Å²) >= 11 is 0. The van der Waals surface area contributed by atoms with Gasteiger partial charge in [-0.1, -0.05) is 49.2 Å². The van der Waals surface area contributed by atoms with Crippen molar-refractivity contribution in [2.75, 3.05) is 0 Å². The Morgan fingerprint density at radius 2 is 1.84 bits per heavy atom. The molecule has 0 bridgehead atoms. The molecule has 0 radical (unpaired) electrons. The maximum Gasteiger partial charge on any atom is 0.149 e. The Balaban J connectivity index is 2.37. The lowest BCUT2D eigenvalue weighted by atomic mass is 9.58. The van der Waals surface area contributed by atoms with E-state index in [4.69, 9.17) is 0 Å². The van der Waals surface area contributed by atoms with Crippen LogP contribution < -0.4 is 0 Å². The quantitative estimate of drug-likeness (QED) is 0.718. The molecule has 2 rings (SSSR count). The first kappa shape index (κ1) is 14.0. The van der Waals surface area contributed by atoms with Crippen LogP contribution in [-0.2, 0) is 10.2 Å². The van der Waals surface area contributed by atoms with Crippen molar-refractivity contribution in [1.82, 2.24) is 0 Å². The maximum absolute atomic E-state index is 13.1. The molecule has 2 atom stereocenters. The Kier molecular flexibility index (Phi) is 3.66. The Morgan fingerprint density at radius 1 is 1.21 bits per heavy atom. The molecule has 0 aliphatic heterocycles. The topological polar surface area (TPSA) is 17.1 Å². The van der Waals surface area contributed by atoms with Crippen molar-refractivity contribution < 1.29 is 4.79 Å². The number of carbonyl (C=O) groups excluding carboxylic acids is 1. The third kappa shape index (κ3) is 2.51. The van der Waals surface area contributed by atoms with Gasteiger partial charge in [0.05, 0.1) is 5.41 Å². The average Bonchev–Trinajstić information content (AvgIpc) is 2.36. The van der Waals surface area contributed by atoms with Crippen LogP contribution in [0.1, 0.15) is 52.0 Å². The number of carbonyl (C=O) groups is 1. The van der Waals surface area contributed by atoms with Gasteiger partial charge in [-0.25, -0.2) is 0 Å². The summed E-state index contributed by atoms with van der Waals surface area (Å²) in [5, 5.41) is 0. The standard InChI is InChI=1S/C18H24O/c1-14(2)13-17(3)11-8-12-18(4,16(17)19)15-9-6-5-7-10-15/h5-7,9-10H,1,8,11-13H2,2-4H3/t17-,18+/m1/s1. The van der Waals surface area contributed by atoms with Crippen LogP contribution in [0.3, 0.4) is 0 Å². The van der Waals surface area contributed by atoms with Crippen molar-refractivity contribution in [2.24, 2.45) is 5.41 Å². The van der Waals surface area contributed by atoms with E-state index in [1.54, 1.807) is 0 Å². The highest BCUT2D eigenvalue weighted by Crippen LogP contribution is 2.47. The monoisotopic (exact) mass is 256 g/mol. The summed E-state index contributed by atoms with van der Waals surface area (Å²) in [7, 11) is 0. The van der Waals surface area contributed by atoms with Crippen molar-refractivity contribution >= 4 is 5.78 Å². The molecular weight excluding hydrogens is 232 g/mol. The van der Waals surface area contributed by atoms with Crippen molar-refractivity contribution in [3.05, 3.63) is 48.0 Å². The summed E-state index contributed by atoms with van der Waals surface area (Å²) < 4.78 is 0. The van der Waals surface area contributed by atoms with Crippen LogP contribution in [0.5, 0.6) is 0 Å². The third-order valence-corrected chi connectivity index (χ3v) is 4.56. The number of Topliss-reactive ketones (excluding diaryl/α,β-unsaturated/α-hetero) is 1. The highest BCUT2D eigenvalue weighted by atomic mass is 16.1. The van der Waals surface area contributed by atoms with Gasteiger partial charge < -0.3 is 0 Å². The van der Waals surface area contributed by atoms with Crippen LogP contribution in [0, 0.1) is 5.41 Å². The molecule has 0 aromatic heterocycles. The highest BCUT2D eigenvalue weighted by molar-refractivity contribution is 5.95. The van der Waals surface area contributed by atoms with E-state index in [2.05, 4.69) is 32.6 Å². The minimum atomic E-state index is -0.330. The molecule has 0 spiro atoms. The van der Waals surface area contributed by atoms with Gasteiger partial charge in [0, 0.05) is 5.41 Å². The van der Waals surface area contributed by atoms with Gasteiger partial charge in [-0.3, -0.25) is 4.79 Å². The average molecular weight is 256 g/mol. The highest BCUT2D eigenvalue weighted by Gasteiger charge is 2.48. The minimum Gasteiger partial charge on any atom is -0.298 e. The number of benzene rings is 1. The van der Waals surface area contributed by atoms with Crippen molar-refractivity contribution in [1.29, 1.82) is 0 Å². The summed E-state index contributed by atoms with van der Waals surface area (Å²) in [4.78, 5) is 13.1. The molecule has 1 aromatic rings. The first-order valence-electron chi connectivity index (χ1n) is 7.13. The summed E-state index contributed by atoms with van der Waals surface area (Å²) in [6, 6.07) is 10.2. The molecule has 0 amide bonds. The number of ketones is 1. The molecular formula is C18H24O. The second kappa shape index (κ2) is 4.96. The Bertz CT molecular complexity index is 488. The van der Waals surface area contributed by atoms with E-state index in [-0.39, 0.29) is 10.8 Å². The van der Waals surface area contributed by atoms with Crippen LogP contribution in [0.15, 0.2) is 42.5 Å². The Labute approximate surface area is 116 Å². The molecule has 1 saturated carbocycles. The molecule has 1 aromatic carbocycles. The SMILES string of the molecule is C=C(C)C[C@@]1(C)CCC[C@@](C)(c2ccccc2)C1=O. The fourth-order valence-electron chi connectivity index (χ4n) is 3.64. The molecule has 1 fully saturated rings. The largest absolute Gasteiger partial charge is 0.298 e. The Morgan fingerprint density at radius 3 is 2.42 bits per heavy atom. The van der Waals surface area contributed by atoms with E-state index >= 15 is 0 Å². The molecule has 1 heteroatoms. The van der Waals surface area contributed by atoms with E-state index < -0.39 is 0 Å². The zero-order valence-electron chi connectivity index (χ0n) is 12.3. The van der Waals surface area contributed by atoms with Crippen LogP contribution in [0.4, 0.5) is 0 Å². The second-order valence-corrected chi connectivity index (χ2v) is 6.58. The summed E-state index contributed by atoms with van der Waals surface area (Å²) in [6.07, 6.45) is 3.87. The van der Waals surface area contributed by atoms with Gasteiger partial charge in [0.15, 0.2) is 0 Å². The minimum absolute atomic E-state index is 0.241. The van der Waals surface area contributed by atoms with E-state index in [0.29, 0.717) is 5.78 Å². The Hall–Kier alpha value is -1.37. The normalized spacial score (nSPS) is 31.2. The zero-order valence-corrected chi connectivity index (χ0v) is 12.3. The van der Waals surface area contributed by atoms with Crippen LogP contribution in [0.2, 0.25) is 0 Å². The number of hydrogen-bond acceptors (Lipinski definition) is 1. The van der Waals surface area contributed by atoms with Gasteiger partial charge in [0.2, 0.25) is 0 Å². The molecule has 102 valence electrons. The number of allylic oxidation sites excluding steroid dienone is 1. The molecule has 19 heavy (non-hydrogen) atoms.